The van der Waals surface area contributed by atoms with Crippen LogP contribution in [0.25, 0.3) is 0 Å². The molecular weight excluding hydrogens is 390 g/mol. The van der Waals surface area contributed by atoms with Crippen LogP contribution in [0.15, 0.2) is 51.9 Å². The Morgan fingerprint density at radius 1 is 1.39 bits per heavy atom. The molecule has 1 spiro atoms. The van der Waals surface area contributed by atoms with E-state index in [9.17, 15) is 15.0 Å². The van der Waals surface area contributed by atoms with Crippen LogP contribution in [0.5, 0.6) is 0 Å². The molecule has 0 amide bonds. The standard InChI is InChI=1S/C26H35NO4/c1-7-9-27-19(8-2)31-23-14(3)12-26-15(4)10-18-20(25(18,5)6)17(24(26)30)11-16(13-28)22(29)21(23)26/h7,9,11-12,15,17-18,20,22,28-29H,8,10,13H2,1-6H3/b9-7-,27-19?/t15-,17+,18?,20?,22-,26-/m1/s1. The summed E-state index contributed by atoms with van der Waals surface area (Å²) in [6.07, 6.45) is 7.87. The van der Waals surface area contributed by atoms with E-state index in [2.05, 4.69) is 25.8 Å². The lowest BCUT2D eigenvalue weighted by molar-refractivity contribution is -0.129. The van der Waals surface area contributed by atoms with E-state index in [4.69, 9.17) is 4.74 Å². The van der Waals surface area contributed by atoms with Crippen molar-refractivity contribution in [1.29, 1.82) is 0 Å². The Bertz CT molecular complexity index is 950. The molecule has 2 saturated carbocycles. The van der Waals surface area contributed by atoms with Crippen LogP contribution in [0.1, 0.15) is 54.4 Å². The van der Waals surface area contributed by atoms with Crippen molar-refractivity contribution in [3.8, 4) is 0 Å². The van der Waals surface area contributed by atoms with E-state index in [0.29, 0.717) is 35.1 Å². The van der Waals surface area contributed by atoms with Gasteiger partial charge in [-0.15, -0.1) is 0 Å². The van der Waals surface area contributed by atoms with Crippen molar-refractivity contribution in [2.45, 2.75) is 60.5 Å². The number of rotatable bonds is 4. The number of allylic oxidation sites excluding steroid dienone is 4. The van der Waals surface area contributed by atoms with Gasteiger partial charge >= 0.3 is 0 Å². The van der Waals surface area contributed by atoms with E-state index in [1.165, 1.54) is 0 Å². The quantitative estimate of drug-likeness (QED) is 0.399. The first-order valence-corrected chi connectivity index (χ1v) is 11.5. The van der Waals surface area contributed by atoms with Crippen LogP contribution in [-0.4, -0.2) is 34.6 Å². The number of aliphatic hydroxyl groups is 2. The Morgan fingerprint density at radius 3 is 2.71 bits per heavy atom. The fourth-order valence-corrected chi connectivity index (χ4v) is 6.47. The molecular formula is C26H35NO4. The highest BCUT2D eigenvalue weighted by Crippen LogP contribution is 2.70. The second-order valence-corrected chi connectivity index (χ2v) is 10.2. The van der Waals surface area contributed by atoms with Crippen molar-refractivity contribution in [1.82, 2.24) is 0 Å². The summed E-state index contributed by atoms with van der Waals surface area (Å²) in [6, 6.07) is 0. The first kappa shape index (κ1) is 22.2. The first-order valence-electron chi connectivity index (χ1n) is 11.5. The molecule has 0 saturated heterocycles. The molecule has 0 radical (unpaired) electrons. The van der Waals surface area contributed by atoms with Crippen molar-refractivity contribution < 1.29 is 19.7 Å². The van der Waals surface area contributed by atoms with E-state index >= 15 is 0 Å². The van der Waals surface area contributed by atoms with Gasteiger partial charge in [0, 0.05) is 24.1 Å². The second-order valence-electron chi connectivity index (χ2n) is 10.2. The summed E-state index contributed by atoms with van der Waals surface area (Å²) in [7, 11) is 0. The maximum absolute atomic E-state index is 14.2. The Kier molecular flexibility index (Phi) is 5.42. The normalized spacial score (nSPS) is 38.9. The number of aliphatic imine (C=N–C) groups is 1. The molecule has 0 aromatic heterocycles. The molecule has 168 valence electrons. The minimum absolute atomic E-state index is 0.0315. The Morgan fingerprint density at radius 2 is 2.10 bits per heavy atom. The zero-order valence-electron chi connectivity index (χ0n) is 19.5. The van der Waals surface area contributed by atoms with E-state index in [1.807, 2.05) is 39.0 Å². The van der Waals surface area contributed by atoms with Gasteiger partial charge in [-0.3, -0.25) is 4.79 Å². The fraction of sp³-hybridized carbons (Fsp3) is 0.615. The maximum Gasteiger partial charge on any atom is 0.194 e. The smallest absolute Gasteiger partial charge is 0.194 e. The summed E-state index contributed by atoms with van der Waals surface area (Å²) in [5, 5.41) is 21.6. The number of nitrogens with zero attached hydrogens (tertiary/aromatic N) is 1. The lowest BCUT2D eigenvalue weighted by atomic mass is 9.64. The SMILES string of the molecule is C/C=C\N=C(CC)OC1=C2[C@H](O)C(CO)=C[C@@H]3C(=O)[C@]2(C=C1C)[C@H](C)CC1C3C1(C)C. The zero-order valence-corrected chi connectivity index (χ0v) is 19.5. The van der Waals surface area contributed by atoms with Crippen LogP contribution in [-0.2, 0) is 9.53 Å². The van der Waals surface area contributed by atoms with E-state index in [0.717, 1.165) is 12.0 Å². The zero-order chi connectivity index (χ0) is 22.7. The van der Waals surface area contributed by atoms with Gasteiger partial charge in [0.1, 0.15) is 11.9 Å². The number of ether oxygens (including phenoxy) is 1. The molecule has 5 nitrogen and oxygen atoms in total. The van der Waals surface area contributed by atoms with Crippen molar-refractivity contribution in [2.24, 2.45) is 39.5 Å². The number of aliphatic hydroxyl groups excluding tert-OH is 2. The lowest BCUT2D eigenvalue weighted by Gasteiger charge is -2.37. The fourth-order valence-electron chi connectivity index (χ4n) is 6.47. The van der Waals surface area contributed by atoms with Crippen LogP contribution < -0.4 is 0 Å². The first-order chi connectivity index (χ1) is 14.6. The average Bonchev–Trinajstić information content (AvgIpc) is 3.18. The molecule has 4 aliphatic rings. The number of Topliss-reactive ketones (excluding diaryl/α,β-unsaturated/α-hetero) is 1. The predicted octanol–water partition coefficient (Wildman–Crippen LogP) is 4.34. The third-order valence-corrected chi connectivity index (χ3v) is 8.20. The van der Waals surface area contributed by atoms with Gasteiger partial charge in [0.2, 0.25) is 0 Å². The topological polar surface area (TPSA) is 79.1 Å². The molecule has 0 aromatic carbocycles. The highest BCUT2D eigenvalue weighted by atomic mass is 16.5. The second kappa shape index (κ2) is 7.56. The third-order valence-electron chi connectivity index (χ3n) is 8.20. The Hall–Kier alpha value is -1.98. The summed E-state index contributed by atoms with van der Waals surface area (Å²) in [4.78, 5) is 18.6. The molecule has 0 heterocycles. The Labute approximate surface area is 185 Å². The number of ketones is 1. The van der Waals surface area contributed by atoms with Crippen LogP contribution in [0.2, 0.25) is 0 Å². The number of hydrogen-bond acceptors (Lipinski definition) is 5. The van der Waals surface area contributed by atoms with Gasteiger partial charge in [0.15, 0.2) is 11.7 Å². The largest absolute Gasteiger partial charge is 0.443 e. The van der Waals surface area contributed by atoms with Gasteiger partial charge in [-0.25, -0.2) is 4.99 Å². The van der Waals surface area contributed by atoms with Gasteiger partial charge in [0.25, 0.3) is 0 Å². The van der Waals surface area contributed by atoms with Gasteiger partial charge < -0.3 is 14.9 Å². The number of carbonyl (C=O) groups excluding carboxylic acids is 1. The molecule has 2 bridgehead atoms. The lowest BCUT2D eigenvalue weighted by Crippen LogP contribution is -2.42. The molecule has 4 aliphatic carbocycles. The number of fused-ring (bicyclic) bond motifs is 3. The number of carbonyl (C=O) groups is 1. The van der Waals surface area contributed by atoms with Crippen LogP contribution in [0, 0.1) is 34.5 Å². The van der Waals surface area contributed by atoms with E-state index < -0.39 is 11.5 Å². The van der Waals surface area contributed by atoms with Gasteiger partial charge in [-0.2, -0.15) is 0 Å². The molecule has 0 aliphatic heterocycles. The summed E-state index contributed by atoms with van der Waals surface area (Å²) in [5.41, 5.74) is 1.13. The molecule has 2 unspecified atom stereocenters. The van der Waals surface area contributed by atoms with Crippen molar-refractivity contribution in [3.63, 3.8) is 0 Å². The van der Waals surface area contributed by atoms with Crippen molar-refractivity contribution in [3.05, 3.63) is 46.9 Å². The molecule has 31 heavy (non-hydrogen) atoms. The third kappa shape index (κ3) is 3.04. The van der Waals surface area contributed by atoms with Crippen molar-refractivity contribution >= 4 is 11.7 Å². The predicted molar refractivity (Wildman–Crippen MR) is 121 cm³/mol. The highest BCUT2D eigenvalue weighted by molar-refractivity contribution is 5.97. The van der Waals surface area contributed by atoms with Crippen LogP contribution in [0.3, 0.4) is 0 Å². The van der Waals surface area contributed by atoms with Gasteiger partial charge in [-0.05, 0) is 54.6 Å². The summed E-state index contributed by atoms with van der Waals surface area (Å²) < 4.78 is 6.25. The maximum atomic E-state index is 14.2. The van der Waals surface area contributed by atoms with Gasteiger partial charge in [-0.1, -0.05) is 45.9 Å². The molecule has 0 aromatic rings. The Balaban J connectivity index is 1.92. The monoisotopic (exact) mass is 425 g/mol. The van der Waals surface area contributed by atoms with E-state index in [-0.39, 0.29) is 35.6 Å². The highest BCUT2D eigenvalue weighted by Gasteiger charge is 2.69. The molecule has 2 fully saturated rings. The molecule has 6 atom stereocenters. The van der Waals surface area contributed by atoms with Crippen LogP contribution >= 0.6 is 0 Å². The van der Waals surface area contributed by atoms with Crippen molar-refractivity contribution in [2.75, 3.05) is 6.61 Å². The summed E-state index contributed by atoms with van der Waals surface area (Å²) in [6.45, 7) is 12.1. The van der Waals surface area contributed by atoms with E-state index in [1.54, 1.807) is 6.20 Å². The minimum atomic E-state index is -1.05. The average molecular weight is 426 g/mol. The summed E-state index contributed by atoms with van der Waals surface area (Å²) in [5.74, 6) is 1.64. The molecule has 5 heteroatoms. The number of hydrogen-bond donors (Lipinski definition) is 2. The molecule has 4 rings (SSSR count). The minimum Gasteiger partial charge on any atom is -0.443 e. The summed E-state index contributed by atoms with van der Waals surface area (Å²) >= 11 is 0. The molecule has 2 N–H and O–H groups in total. The van der Waals surface area contributed by atoms with Crippen LogP contribution in [0.4, 0.5) is 0 Å². The van der Waals surface area contributed by atoms with Gasteiger partial charge in [0.05, 0.1) is 12.0 Å².